The second-order valence-corrected chi connectivity index (χ2v) is 7.89. The summed E-state index contributed by atoms with van der Waals surface area (Å²) in [6.07, 6.45) is 11.6. The number of hydrogen-bond donors (Lipinski definition) is 2. The largest absolute Gasteiger partial charge is 0.480 e. The summed E-state index contributed by atoms with van der Waals surface area (Å²) < 4.78 is 3.69. The molecule has 1 saturated carbocycles. The number of nitrogens with one attached hydrogen (secondary N) is 1. The standard InChI is InChI=1S/C21H21N7O2/c22-7-5-13-1-3-15(4-2-13)28-19-16-6-8-23-20(16)24-10-17(19)26-21(28)14-9-25-27(11-14)12-18(29)30/h6,8-11,13,15H,1-5,12H2,(H,23,24)(H,29,30)/t13-,15-. The minimum absolute atomic E-state index is 0.191. The summed E-state index contributed by atoms with van der Waals surface area (Å²) in [5.74, 6) is 0.296. The summed E-state index contributed by atoms with van der Waals surface area (Å²) in [7, 11) is 0. The molecule has 0 unspecified atom stereocenters. The van der Waals surface area contributed by atoms with Gasteiger partial charge in [-0.2, -0.15) is 10.4 Å². The van der Waals surface area contributed by atoms with Crippen LogP contribution in [0.4, 0.5) is 0 Å². The number of aromatic nitrogens is 6. The fourth-order valence-electron chi connectivity index (χ4n) is 4.59. The zero-order valence-corrected chi connectivity index (χ0v) is 16.3. The first-order valence-electron chi connectivity index (χ1n) is 10.1. The number of imidazole rings is 1. The van der Waals surface area contributed by atoms with E-state index in [9.17, 15) is 4.79 Å². The predicted octanol–water partition coefficient (Wildman–Crippen LogP) is 3.51. The second-order valence-electron chi connectivity index (χ2n) is 7.89. The van der Waals surface area contributed by atoms with Crippen molar-refractivity contribution in [3.63, 3.8) is 0 Å². The number of carboxylic acids is 1. The molecule has 0 radical (unpaired) electrons. The van der Waals surface area contributed by atoms with Gasteiger partial charge in [0.1, 0.15) is 23.5 Å². The molecule has 0 atom stereocenters. The van der Waals surface area contributed by atoms with E-state index in [0.29, 0.717) is 12.3 Å². The molecule has 9 heteroatoms. The van der Waals surface area contributed by atoms with Gasteiger partial charge in [-0.15, -0.1) is 0 Å². The Hall–Kier alpha value is -3.67. The van der Waals surface area contributed by atoms with Crippen molar-refractivity contribution < 1.29 is 9.90 Å². The highest BCUT2D eigenvalue weighted by atomic mass is 16.4. The van der Waals surface area contributed by atoms with E-state index in [1.807, 2.05) is 12.3 Å². The van der Waals surface area contributed by atoms with Gasteiger partial charge in [-0.25, -0.2) is 9.97 Å². The fraction of sp³-hybridized carbons (Fsp3) is 0.381. The minimum atomic E-state index is -0.938. The predicted molar refractivity (Wildman–Crippen MR) is 109 cm³/mol. The maximum absolute atomic E-state index is 11.1. The van der Waals surface area contributed by atoms with Gasteiger partial charge in [0.15, 0.2) is 0 Å². The first-order valence-corrected chi connectivity index (χ1v) is 10.1. The van der Waals surface area contributed by atoms with Crippen LogP contribution < -0.4 is 0 Å². The van der Waals surface area contributed by atoms with Crippen LogP contribution in [-0.4, -0.2) is 40.4 Å². The Balaban J connectivity index is 1.63. The van der Waals surface area contributed by atoms with Crippen molar-refractivity contribution in [2.24, 2.45) is 5.92 Å². The molecule has 1 fully saturated rings. The first-order chi connectivity index (χ1) is 14.6. The van der Waals surface area contributed by atoms with E-state index in [-0.39, 0.29) is 12.6 Å². The van der Waals surface area contributed by atoms with E-state index in [0.717, 1.165) is 59.1 Å². The van der Waals surface area contributed by atoms with Crippen molar-refractivity contribution in [2.75, 3.05) is 0 Å². The number of aliphatic carboxylic acids is 1. The maximum Gasteiger partial charge on any atom is 0.325 e. The summed E-state index contributed by atoms with van der Waals surface area (Å²) in [6.45, 7) is -0.191. The Labute approximate surface area is 172 Å². The number of fused-ring (bicyclic) bond motifs is 3. The van der Waals surface area contributed by atoms with Gasteiger partial charge < -0.3 is 14.7 Å². The SMILES string of the molecule is N#CC[C@H]1CC[C@H](n2c(-c3cnn(CC(=O)O)c3)nc3cnc4[nH]ccc4c32)CC1. The van der Waals surface area contributed by atoms with E-state index < -0.39 is 5.97 Å². The summed E-state index contributed by atoms with van der Waals surface area (Å²) in [4.78, 5) is 23.6. The lowest BCUT2D eigenvalue weighted by Gasteiger charge is -2.29. The third-order valence-electron chi connectivity index (χ3n) is 5.98. The molecule has 0 spiro atoms. The van der Waals surface area contributed by atoms with Crippen LogP contribution in [0.15, 0.2) is 30.9 Å². The number of hydrogen-bond acceptors (Lipinski definition) is 5. The van der Waals surface area contributed by atoms with Crippen molar-refractivity contribution in [2.45, 2.75) is 44.7 Å². The zero-order valence-electron chi connectivity index (χ0n) is 16.3. The van der Waals surface area contributed by atoms with Gasteiger partial charge in [0.05, 0.1) is 29.5 Å². The number of aromatic amines is 1. The quantitative estimate of drug-likeness (QED) is 0.525. The van der Waals surface area contributed by atoms with Crippen LogP contribution in [0.3, 0.4) is 0 Å². The van der Waals surface area contributed by atoms with Crippen molar-refractivity contribution in [3.8, 4) is 17.5 Å². The van der Waals surface area contributed by atoms with Gasteiger partial charge in [-0.1, -0.05) is 0 Å². The Morgan fingerprint density at radius 1 is 1.30 bits per heavy atom. The zero-order chi connectivity index (χ0) is 20.7. The third-order valence-corrected chi connectivity index (χ3v) is 5.98. The third kappa shape index (κ3) is 3.10. The first kappa shape index (κ1) is 18.4. The molecule has 4 aromatic heterocycles. The van der Waals surface area contributed by atoms with E-state index in [1.165, 1.54) is 4.68 Å². The molecule has 30 heavy (non-hydrogen) atoms. The van der Waals surface area contributed by atoms with Gasteiger partial charge in [0.25, 0.3) is 0 Å². The van der Waals surface area contributed by atoms with Crippen LogP contribution in [0.5, 0.6) is 0 Å². The summed E-state index contributed by atoms with van der Waals surface area (Å²) in [5, 5.41) is 23.3. The van der Waals surface area contributed by atoms with Crippen molar-refractivity contribution >= 4 is 28.0 Å². The van der Waals surface area contributed by atoms with Crippen LogP contribution in [0, 0.1) is 17.2 Å². The van der Waals surface area contributed by atoms with Gasteiger partial charge in [0, 0.05) is 30.2 Å². The summed E-state index contributed by atoms with van der Waals surface area (Å²) in [6, 6.07) is 4.57. The molecule has 0 amide bonds. The molecule has 0 bridgehead atoms. The van der Waals surface area contributed by atoms with E-state index in [2.05, 4.69) is 25.7 Å². The monoisotopic (exact) mass is 403 g/mol. The molecule has 0 aromatic carbocycles. The van der Waals surface area contributed by atoms with Gasteiger partial charge in [0.2, 0.25) is 0 Å². The van der Waals surface area contributed by atoms with Crippen molar-refractivity contribution in [1.82, 2.24) is 29.3 Å². The Morgan fingerprint density at radius 2 is 2.13 bits per heavy atom. The fourth-order valence-corrected chi connectivity index (χ4v) is 4.59. The Morgan fingerprint density at radius 3 is 2.90 bits per heavy atom. The molecular formula is C21H21N7O2. The van der Waals surface area contributed by atoms with Gasteiger partial charge >= 0.3 is 5.97 Å². The lowest BCUT2D eigenvalue weighted by Crippen LogP contribution is -2.19. The van der Waals surface area contributed by atoms with Gasteiger partial charge in [-0.3, -0.25) is 9.48 Å². The van der Waals surface area contributed by atoms with Crippen LogP contribution in [0.1, 0.15) is 38.1 Å². The number of pyridine rings is 1. The summed E-state index contributed by atoms with van der Waals surface area (Å²) in [5.41, 5.74) is 3.44. The number of nitrogens with zero attached hydrogens (tertiary/aromatic N) is 6. The highest BCUT2D eigenvalue weighted by molar-refractivity contribution is 6.02. The van der Waals surface area contributed by atoms with Crippen LogP contribution >= 0.6 is 0 Å². The molecule has 2 N–H and O–H groups in total. The highest BCUT2D eigenvalue weighted by Gasteiger charge is 2.27. The second kappa shape index (κ2) is 7.30. The van der Waals surface area contributed by atoms with E-state index >= 15 is 0 Å². The van der Waals surface area contributed by atoms with Crippen LogP contribution in [0.25, 0.3) is 33.5 Å². The average Bonchev–Trinajstić information content (AvgIpc) is 3.45. The molecule has 5 rings (SSSR count). The minimum Gasteiger partial charge on any atom is -0.480 e. The number of H-pyrrole nitrogens is 1. The van der Waals surface area contributed by atoms with Crippen molar-refractivity contribution in [3.05, 3.63) is 30.9 Å². The molecule has 1 aliphatic carbocycles. The van der Waals surface area contributed by atoms with E-state index in [4.69, 9.17) is 15.4 Å². The molecule has 0 aliphatic heterocycles. The number of carbonyl (C=O) groups is 1. The molecule has 0 saturated heterocycles. The number of rotatable bonds is 5. The van der Waals surface area contributed by atoms with Crippen LogP contribution in [-0.2, 0) is 11.3 Å². The molecule has 1 aliphatic rings. The Kier molecular flexibility index (Phi) is 4.47. The highest BCUT2D eigenvalue weighted by Crippen LogP contribution is 2.40. The molecular weight excluding hydrogens is 382 g/mol. The van der Waals surface area contributed by atoms with Gasteiger partial charge in [-0.05, 0) is 37.7 Å². The average molecular weight is 403 g/mol. The Bertz CT molecular complexity index is 1270. The maximum atomic E-state index is 11.1. The molecule has 4 heterocycles. The smallest absolute Gasteiger partial charge is 0.325 e. The summed E-state index contributed by atoms with van der Waals surface area (Å²) >= 11 is 0. The van der Waals surface area contributed by atoms with Crippen molar-refractivity contribution in [1.29, 1.82) is 5.26 Å². The molecule has 9 nitrogen and oxygen atoms in total. The molecule has 152 valence electrons. The normalized spacial score (nSPS) is 19.3. The number of carboxylic acid groups (broad SMARTS) is 1. The lowest BCUT2D eigenvalue weighted by molar-refractivity contribution is -0.137. The lowest BCUT2D eigenvalue weighted by atomic mass is 9.84. The topological polar surface area (TPSA) is 125 Å². The number of nitriles is 1. The molecule has 4 aromatic rings. The van der Waals surface area contributed by atoms with Crippen LogP contribution in [0.2, 0.25) is 0 Å². The van der Waals surface area contributed by atoms with E-state index in [1.54, 1.807) is 18.6 Å².